The number of aryl methyl sites for hydroxylation is 1. The van der Waals surface area contributed by atoms with Gasteiger partial charge in [0.2, 0.25) is 0 Å². The highest BCUT2D eigenvalue weighted by Gasteiger charge is 2.19. The van der Waals surface area contributed by atoms with Crippen LogP contribution in [-0.2, 0) is 6.42 Å². The Morgan fingerprint density at radius 1 is 1.57 bits per heavy atom. The number of pyridine rings is 1. The number of aliphatic hydroxyl groups excluding tert-OH is 1. The Morgan fingerprint density at radius 2 is 2.50 bits per heavy atom. The standard InChI is InChI=1S/C11H16N2O/c14-8-7-12-10-5-1-3-9-4-2-6-13-11(9)10/h2,4,6,10,12,14H,1,3,5,7-8H2. The molecule has 0 aliphatic heterocycles. The number of hydrogen-bond acceptors (Lipinski definition) is 3. The minimum atomic E-state index is 0.193. The van der Waals surface area contributed by atoms with Crippen molar-refractivity contribution in [1.82, 2.24) is 10.3 Å². The number of hydrogen-bond donors (Lipinski definition) is 2. The molecule has 1 aliphatic carbocycles. The monoisotopic (exact) mass is 192 g/mol. The minimum absolute atomic E-state index is 0.193. The molecule has 2 rings (SSSR count). The van der Waals surface area contributed by atoms with Crippen LogP contribution in [0.3, 0.4) is 0 Å². The van der Waals surface area contributed by atoms with Crippen LogP contribution in [0.2, 0.25) is 0 Å². The zero-order chi connectivity index (χ0) is 9.80. The van der Waals surface area contributed by atoms with Gasteiger partial charge in [0.25, 0.3) is 0 Å². The first-order chi connectivity index (χ1) is 6.92. The van der Waals surface area contributed by atoms with Gasteiger partial charge in [0.15, 0.2) is 0 Å². The molecular formula is C11H16N2O. The van der Waals surface area contributed by atoms with Crippen molar-refractivity contribution in [3.8, 4) is 0 Å². The van der Waals surface area contributed by atoms with Crippen LogP contribution in [-0.4, -0.2) is 23.2 Å². The molecule has 0 amide bonds. The van der Waals surface area contributed by atoms with Crippen LogP contribution in [0.25, 0.3) is 0 Å². The quantitative estimate of drug-likeness (QED) is 0.752. The molecule has 1 aromatic heterocycles. The third-order valence-corrected chi connectivity index (χ3v) is 2.70. The van der Waals surface area contributed by atoms with Crippen molar-refractivity contribution in [3.05, 3.63) is 29.6 Å². The van der Waals surface area contributed by atoms with Crippen LogP contribution in [0.4, 0.5) is 0 Å². The van der Waals surface area contributed by atoms with Gasteiger partial charge in [0.05, 0.1) is 12.3 Å². The molecule has 0 aromatic carbocycles. The fraction of sp³-hybridized carbons (Fsp3) is 0.545. The Balaban J connectivity index is 2.14. The topological polar surface area (TPSA) is 45.1 Å². The van der Waals surface area contributed by atoms with E-state index in [2.05, 4.69) is 16.4 Å². The van der Waals surface area contributed by atoms with E-state index in [9.17, 15) is 0 Å². The summed E-state index contributed by atoms with van der Waals surface area (Å²) in [5.74, 6) is 0. The lowest BCUT2D eigenvalue weighted by Gasteiger charge is -2.24. The molecule has 2 N–H and O–H groups in total. The fourth-order valence-electron chi connectivity index (χ4n) is 2.05. The number of fused-ring (bicyclic) bond motifs is 1. The van der Waals surface area contributed by atoms with E-state index >= 15 is 0 Å². The summed E-state index contributed by atoms with van der Waals surface area (Å²) in [4.78, 5) is 4.41. The first-order valence-corrected chi connectivity index (χ1v) is 5.20. The van der Waals surface area contributed by atoms with E-state index in [4.69, 9.17) is 5.11 Å². The Kier molecular flexibility index (Phi) is 3.11. The summed E-state index contributed by atoms with van der Waals surface area (Å²) in [5.41, 5.74) is 2.53. The molecule has 14 heavy (non-hydrogen) atoms. The second-order valence-corrected chi connectivity index (χ2v) is 3.67. The van der Waals surface area contributed by atoms with Gasteiger partial charge in [-0.15, -0.1) is 0 Å². The van der Waals surface area contributed by atoms with Gasteiger partial charge in [-0.25, -0.2) is 0 Å². The zero-order valence-electron chi connectivity index (χ0n) is 8.24. The van der Waals surface area contributed by atoms with Crippen molar-refractivity contribution in [3.63, 3.8) is 0 Å². The minimum Gasteiger partial charge on any atom is -0.395 e. The Hall–Kier alpha value is -0.930. The molecule has 0 bridgehead atoms. The van der Waals surface area contributed by atoms with Crippen LogP contribution in [0, 0.1) is 0 Å². The Morgan fingerprint density at radius 3 is 3.36 bits per heavy atom. The third-order valence-electron chi connectivity index (χ3n) is 2.70. The van der Waals surface area contributed by atoms with E-state index in [-0.39, 0.29) is 6.61 Å². The van der Waals surface area contributed by atoms with E-state index in [1.165, 1.54) is 17.7 Å². The summed E-state index contributed by atoms with van der Waals surface area (Å²) < 4.78 is 0. The first kappa shape index (κ1) is 9.62. The maximum absolute atomic E-state index is 8.76. The number of aromatic nitrogens is 1. The van der Waals surface area contributed by atoms with Crippen molar-refractivity contribution in [2.75, 3.05) is 13.2 Å². The van der Waals surface area contributed by atoms with Crippen LogP contribution in [0.15, 0.2) is 18.3 Å². The zero-order valence-corrected chi connectivity index (χ0v) is 8.24. The predicted molar refractivity (Wildman–Crippen MR) is 55.0 cm³/mol. The highest BCUT2D eigenvalue weighted by molar-refractivity contribution is 5.25. The van der Waals surface area contributed by atoms with Gasteiger partial charge in [-0.3, -0.25) is 4.98 Å². The molecule has 1 unspecified atom stereocenters. The molecule has 0 saturated carbocycles. The number of nitrogens with zero attached hydrogens (tertiary/aromatic N) is 1. The summed E-state index contributed by atoms with van der Waals surface area (Å²) in [6, 6.07) is 4.48. The highest BCUT2D eigenvalue weighted by atomic mass is 16.3. The van der Waals surface area contributed by atoms with Crippen molar-refractivity contribution in [1.29, 1.82) is 0 Å². The van der Waals surface area contributed by atoms with Crippen LogP contribution >= 0.6 is 0 Å². The highest BCUT2D eigenvalue weighted by Crippen LogP contribution is 2.27. The lowest BCUT2D eigenvalue weighted by Crippen LogP contribution is -2.28. The summed E-state index contributed by atoms with van der Waals surface area (Å²) in [6.07, 6.45) is 5.32. The summed E-state index contributed by atoms with van der Waals surface area (Å²) in [6.45, 7) is 0.847. The maximum atomic E-state index is 8.76. The molecule has 0 fully saturated rings. The Labute approximate surface area is 84.2 Å². The van der Waals surface area contributed by atoms with Crippen molar-refractivity contribution >= 4 is 0 Å². The van der Waals surface area contributed by atoms with Gasteiger partial charge in [-0.1, -0.05) is 6.07 Å². The fourth-order valence-corrected chi connectivity index (χ4v) is 2.05. The maximum Gasteiger partial charge on any atom is 0.0605 e. The van der Waals surface area contributed by atoms with E-state index in [1.54, 1.807) is 0 Å². The molecule has 0 spiro atoms. The SMILES string of the molecule is OCCNC1CCCc2cccnc21. The molecule has 1 heterocycles. The molecule has 1 aliphatic rings. The second-order valence-electron chi connectivity index (χ2n) is 3.67. The van der Waals surface area contributed by atoms with Gasteiger partial charge < -0.3 is 10.4 Å². The summed E-state index contributed by atoms with van der Waals surface area (Å²) in [5, 5.41) is 12.1. The molecule has 3 nitrogen and oxygen atoms in total. The van der Waals surface area contributed by atoms with E-state index in [0.29, 0.717) is 12.6 Å². The lowest BCUT2D eigenvalue weighted by atomic mass is 9.92. The molecule has 76 valence electrons. The number of rotatable bonds is 3. The van der Waals surface area contributed by atoms with Crippen LogP contribution in [0.1, 0.15) is 30.1 Å². The molecule has 0 saturated heterocycles. The summed E-state index contributed by atoms with van der Waals surface area (Å²) in [7, 11) is 0. The van der Waals surface area contributed by atoms with Crippen LogP contribution < -0.4 is 5.32 Å². The van der Waals surface area contributed by atoms with E-state index < -0.39 is 0 Å². The van der Waals surface area contributed by atoms with Gasteiger partial charge >= 0.3 is 0 Å². The second kappa shape index (κ2) is 4.53. The first-order valence-electron chi connectivity index (χ1n) is 5.20. The van der Waals surface area contributed by atoms with Crippen LogP contribution in [0.5, 0.6) is 0 Å². The average Bonchev–Trinajstić information content (AvgIpc) is 2.26. The number of aliphatic hydroxyl groups is 1. The molecule has 1 atom stereocenters. The van der Waals surface area contributed by atoms with Gasteiger partial charge in [-0.2, -0.15) is 0 Å². The lowest BCUT2D eigenvalue weighted by molar-refractivity contribution is 0.279. The predicted octanol–water partition coefficient (Wildman–Crippen LogP) is 1.04. The van der Waals surface area contributed by atoms with E-state index in [0.717, 1.165) is 12.8 Å². The Bertz CT molecular complexity index is 301. The number of nitrogens with one attached hydrogen (secondary N) is 1. The largest absolute Gasteiger partial charge is 0.395 e. The molecule has 0 radical (unpaired) electrons. The molecule has 3 heteroatoms. The van der Waals surface area contributed by atoms with Crippen molar-refractivity contribution in [2.24, 2.45) is 0 Å². The average molecular weight is 192 g/mol. The van der Waals surface area contributed by atoms with Gasteiger partial charge in [0, 0.05) is 18.8 Å². The molecular weight excluding hydrogens is 176 g/mol. The molecule has 1 aromatic rings. The summed E-state index contributed by atoms with van der Waals surface area (Å²) >= 11 is 0. The van der Waals surface area contributed by atoms with E-state index in [1.807, 2.05) is 12.3 Å². The van der Waals surface area contributed by atoms with Crippen molar-refractivity contribution < 1.29 is 5.11 Å². The van der Waals surface area contributed by atoms with Gasteiger partial charge in [-0.05, 0) is 30.9 Å². The third kappa shape index (κ3) is 1.94. The van der Waals surface area contributed by atoms with Gasteiger partial charge in [0.1, 0.15) is 0 Å². The van der Waals surface area contributed by atoms with Crippen molar-refractivity contribution in [2.45, 2.75) is 25.3 Å². The smallest absolute Gasteiger partial charge is 0.0605 e. The normalized spacial score (nSPS) is 20.5.